The van der Waals surface area contributed by atoms with Crippen molar-refractivity contribution in [3.63, 3.8) is 0 Å². The fourth-order valence-corrected chi connectivity index (χ4v) is 3.33. The maximum atomic E-state index is 12.0. The molecule has 0 radical (unpaired) electrons. The maximum absolute atomic E-state index is 12.0. The van der Waals surface area contributed by atoms with Crippen molar-refractivity contribution in [2.45, 2.75) is 32.7 Å². The minimum atomic E-state index is -3.24. The van der Waals surface area contributed by atoms with Crippen molar-refractivity contribution >= 4 is 10.0 Å². The first-order chi connectivity index (χ1) is 7.53. The molecule has 0 rings (SSSR count). The van der Waals surface area contributed by atoms with E-state index in [-0.39, 0.29) is 18.3 Å². The van der Waals surface area contributed by atoms with Crippen LogP contribution in [-0.2, 0) is 14.8 Å². The molecule has 0 aliphatic carbocycles. The molecule has 0 spiro atoms. The molecular weight excluding hydrogens is 228 g/mol. The Labute approximate surface area is 99.0 Å². The summed E-state index contributed by atoms with van der Waals surface area (Å²) in [6.45, 7) is 4.97. The quantitative estimate of drug-likeness (QED) is 0.645. The summed E-state index contributed by atoms with van der Waals surface area (Å²) in [5.41, 5.74) is 5.33. The van der Waals surface area contributed by atoms with Crippen LogP contribution in [0.5, 0.6) is 0 Å². The van der Waals surface area contributed by atoms with Crippen molar-refractivity contribution in [2.24, 2.45) is 5.73 Å². The van der Waals surface area contributed by atoms with Gasteiger partial charge in [0.1, 0.15) is 0 Å². The van der Waals surface area contributed by atoms with Gasteiger partial charge in [0.2, 0.25) is 10.0 Å². The third kappa shape index (κ3) is 4.78. The second-order valence-electron chi connectivity index (χ2n) is 3.68. The molecule has 0 amide bonds. The van der Waals surface area contributed by atoms with Gasteiger partial charge in [-0.25, -0.2) is 8.42 Å². The average molecular weight is 252 g/mol. The highest BCUT2D eigenvalue weighted by Gasteiger charge is 2.26. The number of nitrogens with zero attached hydrogens (tertiary/aromatic N) is 1. The molecule has 16 heavy (non-hydrogen) atoms. The van der Waals surface area contributed by atoms with Crippen molar-refractivity contribution in [3.05, 3.63) is 0 Å². The second kappa shape index (κ2) is 8.00. The topological polar surface area (TPSA) is 72.6 Å². The first kappa shape index (κ1) is 15.8. The summed E-state index contributed by atoms with van der Waals surface area (Å²) in [5, 5.41) is 0. The van der Waals surface area contributed by atoms with Crippen molar-refractivity contribution in [1.82, 2.24) is 4.31 Å². The number of nitrogens with two attached hydrogens (primary N) is 1. The van der Waals surface area contributed by atoms with Gasteiger partial charge >= 0.3 is 0 Å². The lowest BCUT2D eigenvalue weighted by atomic mass is 10.2. The van der Waals surface area contributed by atoms with Gasteiger partial charge in [-0.05, 0) is 12.8 Å². The number of hydrogen-bond acceptors (Lipinski definition) is 4. The SMILES string of the molecule is CCC(CC)N(CCOC)S(=O)(=O)CCN. The van der Waals surface area contributed by atoms with Crippen LogP contribution in [0.15, 0.2) is 0 Å². The molecule has 0 aromatic rings. The molecule has 2 N–H and O–H groups in total. The van der Waals surface area contributed by atoms with Crippen LogP contribution in [0.3, 0.4) is 0 Å². The third-order valence-corrected chi connectivity index (χ3v) is 4.55. The minimum Gasteiger partial charge on any atom is -0.383 e. The minimum absolute atomic E-state index is 0.00716. The fourth-order valence-electron chi connectivity index (χ4n) is 1.69. The Bertz CT molecular complexity index is 263. The predicted molar refractivity (Wildman–Crippen MR) is 65.8 cm³/mol. The predicted octanol–water partition coefficient (Wildman–Crippen LogP) is 0.412. The number of ether oxygens (including phenoxy) is 1. The molecule has 0 aliphatic heterocycles. The highest BCUT2D eigenvalue weighted by molar-refractivity contribution is 7.89. The zero-order chi connectivity index (χ0) is 12.6. The molecule has 6 heteroatoms. The Balaban J connectivity index is 4.77. The highest BCUT2D eigenvalue weighted by atomic mass is 32.2. The van der Waals surface area contributed by atoms with Gasteiger partial charge in [0, 0.05) is 26.2 Å². The van der Waals surface area contributed by atoms with E-state index in [9.17, 15) is 8.42 Å². The van der Waals surface area contributed by atoms with Crippen LogP contribution < -0.4 is 5.73 Å². The van der Waals surface area contributed by atoms with E-state index in [0.717, 1.165) is 12.8 Å². The first-order valence-electron chi connectivity index (χ1n) is 5.71. The van der Waals surface area contributed by atoms with Crippen LogP contribution in [0.1, 0.15) is 26.7 Å². The molecule has 0 atom stereocenters. The third-order valence-electron chi connectivity index (χ3n) is 2.60. The number of sulfonamides is 1. The summed E-state index contributed by atoms with van der Waals surface area (Å²) in [4.78, 5) is 0. The zero-order valence-corrected chi connectivity index (χ0v) is 11.3. The average Bonchev–Trinajstić information content (AvgIpc) is 2.23. The molecule has 0 aromatic carbocycles. The van der Waals surface area contributed by atoms with Gasteiger partial charge in [-0.15, -0.1) is 0 Å². The van der Waals surface area contributed by atoms with Crippen molar-refractivity contribution < 1.29 is 13.2 Å². The van der Waals surface area contributed by atoms with Crippen LogP contribution in [0.2, 0.25) is 0 Å². The molecule has 5 nitrogen and oxygen atoms in total. The Hall–Kier alpha value is -0.170. The van der Waals surface area contributed by atoms with E-state index < -0.39 is 10.0 Å². The maximum Gasteiger partial charge on any atom is 0.215 e. The molecule has 0 aliphatic rings. The van der Waals surface area contributed by atoms with Gasteiger partial charge in [0.05, 0.1) is 12.4 Å². The Kier molecular flexibility index (Phi) is 7.91. The first-order valence-corrected chi connectivity index (χ1v) is 7.32. The largest absolute Gasteiger partial charge is 0.383 e. The zero-order valence-electron chi connectivity index (χ0n) is 10.5. The van der Waals surface area contributed by atoms with Gasteiger partial charge in [0.15, 0.2) is 0 Å². The fraction of sp³-hybridized carbons (Fsp3) is 1.00. The van der Waals surface area contributed by atoms with Crippen LogP contribution >= 0.6 is 0 Å². The molecule has 0 saturated carbocycles. The smallest absolute Gasteiger partial charge is 0.215 e. The van der Waals surface area contributed by atoms with E-state index in [2.05, 4.69) is 0 Å². The van der Waals surface area contributed by atoms with Gasteiger partial charge < -0.3 is 10.5 Å². The Morgan fingerprint density at radius 3 is 2.25 bits per heavy atom. The summed E-state index contributed by atoms with van der Waals surface area (Å²) in [6, 6.07) is 0.0479. The summed E-state index contributed by atoms with van der Waals surface area (Å²) in [6.07, 6.45) is 1.62. The van der Waals surface area contributed by atoms with E-state index in [0.29, 0.717) is 13.2 Å². The van der Waals surface area contributed by atoms with Gasteiger partial charge in [-0.2, -0.15) is 4.31 Å². The molecule has 0 bridgehead atoms. The monoisotopic (exact) mass is 252 g/mol. The molecule has 0 fully saturated rings. The van der Waals surface area contributed by atoms with Crippen LogP contribution in [0.25, 0.3) is 0 Å². The van der Waals surface area contributed by atoms with Crippen LogP contribution in [0.4, 0.5) is 0 Å². The molecule has 0 aromatic heterocycles. The number of methoxy groups -OCH3 is 1. The number of rotatable bonds is 9. The summed E-state index contributed by atoms with van der Waals surface area (Å²) >= 11 is 0. The highest BCUT2D eigenvalue weighted by Crippen LogP contribution is 2.13. The van der Waals surface area contributed by atoms with Gasteiger partial charge in [0.25, 0.3) is 0 Å². The molecular formula is C10H24N2O3S. The molecule has 0 saturated heterocycles. The van der Waals surface area contributed by atoms with E-state index in [1.807, 2.05) is 13.8 Å². The number of hydrogen-bond donors (Lipinski definition) is 1. The van der Waals surface area contributed by atoms with Gasteiger partial charge in [-0.1, -0.05) is 13.8 Å². The molecule has 0 heterocycles. The van der Waals surface area contributed by atoms with Crippen molar-refractivity contribution in [2.75, 3.05) is 32.6 Å². The second-order valence-corrected chi connectivity index (χ2v) is 5.72. The standard InChI is InChI=1S/C10H24N2O3S/c1-4-10(5-2)12(7-8-15-3)16(13,14)9-6-11/h10H,4-9,11H2,1-3H3. The van der Waals surface area contributed by atoms with E-state index in [1.165, 1.54) is 4.31 Å². The van der Waals surface area contributed by atoms with Crippen LogP contribution in [-0.4, -0.2) is 51.3 Å². The summed E-state index contributed by atoms with van der Waals surface area (Å²) < 4.78 is 30.5. The van der Waals surface area contributed by atoms with Crippen molar-refractivity contribution in [3.8, 4) is 0 Å². The molecule has 98 valence electrons. The lowest BCUT2D eigenvalue weighted by Gasteiger charge is -2.29. The van der Waals surface area contributed by atoms with E-state index in [1.54, 1.807) is 7.11 Å². The summed E-state index contributed by atoms with van der Waals surface area (Å²) in [5.74, 6) is 0.00716. The van der Waals surface area contributed by atoms with E-state index >= 15 is 0 Å². The Morgan fingerprint density at radius 1 is 1.31 bits per heavy atom. The molecule has 0 unspecified atom stereocenters. The lowest BCUT2D eigenvalue weighted by molar-refractivity contribution is 0.163. The Morgan fingerprint density at radius 2 is 1.88 bits per heavy atom. The van der Waals surface area contributed by atoms with Crippen LogP contribution in [0, 0.1) is 0 Å². The van der Waals surface area contributed by atoms with Gasteiger partial charge in [-0.3, -0.25) is 0 Å². The normalized spacial score (nSPS) is 12.6. The lowest BCUT2D eigenvalue weighted by Crippen LogP contribution is -2.44. The van der Waals surface area contributed by atoms with E-state index in [4.69, 9.17) is 10.5 Å². The summed E-state index contributed by atoms with van der Waals surface area (Å²) in [7, 11) is -1.67. The van der Waals surface area contributed by atoms with Crippen molar-refractivity contribution in [1.29, 1.82) is 0 Å².